The lowest BCUT2D eigenvalue weighted by Crippen LogP contribution is -2.48. The fraction of sp³-hybridized carbons (Fsp3) is 0.611. The normalized spacial score (nSPS) is 30.7. The smallest absolute Gasteiger partial charge is 0.318 e. The zero-order valence-electron chi connectivity index (χ0n) is 14.1. The molecular weight excluding hydrogens is 306 g/mol. The van der Waals surface area contributed by atoms with Crippen LogP contribution in [-0.2, 0) is 6.54 Å². The Morgan fingerprint density at radius 2 is 2.00 bits per heavy atom. The molecule has 6 heteroatoms. The fourth-order valence-corrected chi connectivity index (χ4v) is 3.81. The van der Waals surface area contributed by atoms with Gasteiger partial charge in [0.15, 0.2) is 0 Å². The summed E-state index contributed by atoms with van der Waals surface area (Å²) in [6, 6.07) is 10.4. The average molecular weight is 333 g/mol. The summed E-state index contributed by atoms with van der Waals surface area (Å²) in [7, 11) is 0. The van der Waals surface area contributed by atoms with Crippen LogP contribution in [0.1, 0.15) is 25.3 Å². The van der Waals surface area contributed by atoms with Crippen LogP contribution in [0.25, 0.3) is 0 Å². The lowest BCUT2D eigenvalue weighted by molar-refractivity contribution is 0.152. The second-order valence-electron chi connectivity index (χ2n) is 7.02. The summed E-state index contributed by atoms with van der Waals surface area (Å²) in [5, 5.41) is 22.2. The Labute approximate surface area is 143 Å². The minimum atomic E-state index is -0.537. The van der Waals surface area contributed by atoms with Crippen LogP contribution in [0.2, 0.25) is 0 Å². The van der Waals surface area contributed by atoms with Gasteiger partial charge in [-0.3, -0.25) is 4.90 Å². The molecule has 4 atom stereocenters. The van der Waals surface area contributed by atoms with E-state index in [1.807, 2.05) is 18.2 Å². The molecule has 2 aliphatic rings. The third kappa shape index (κ3) is 3.88. The monoisotopic (exact) mass is 333 g/mol. The third-order valence-electron chi connectivity index (χ3n) is 5.12. The first-order chi connectivity index (χ1) is 11.6. The maximum Gasteiger partial charge on any atom is 0.318 e. The Bertz CT molecular complexity index is 554. The van der Waals surface area contributed by atoms with E-state index < -0.39 is 6.10 Å². The summed E-state index contributed by atoms with van der Waals surface area (Å²) in [5.74, 6) is 0. The van der Waals surface area contributed by atoms with Crippen LogP contribution in [-0.4, -0.2) is 70.0 Å². The average Bonchev–Trinajstić information content (AvgIpc) is 3.11. The highest BCUT2D eigenvalue weighted by molar-refractivity contribution is 5.75. The molecule has 0 aromatic heterocycles. The van der Waals surface area contributed by atoms with Crippen molar-refractivity contribution in [2.24, 2.45) is 0 Å². The maximum atomic E-state index is 12.5. The number of nitrogens with zero attached hydrogens (tertiary/aromatic N) is 2. The molecule has 3 rings (SSSR count). The van der Waals surface area contributed by atoms with Crippen molar-refractivity contribution < 1.29 is 15.0 Å². The summed E-state index contributed by atoms with van der Waals surface area (Å²) >= 11 is 0. The van der Waals surface area contributed by atoms with Crippen LogP contribution < -0.4 is 5.32 Å². The molecule has 0 aliphatic carbocycles. The number of nitrogens with one attached hydrogen (secondary N) is 1. The van der Waals surface area contributed by atoms with Gasteiger partial charge in [0.2, 0.25) is 0 Å². The van der Waals surface area contributed by atoms with E-state index in [0.717, 1.165) is 19.5 Å². The maximum absolute atomic E-state index is 12.5. The van der Waals surface area contributed by atoms with Crippen molar-refractivity contribution in [2.75, 3.05) is 19.7 Å². The molecule has 2 unspecified atom stereocenters. The minimum absolute atomic E-state index is 0.105. The molecule has 2 amide bonds. The number of carbonyl (C=O) groups excluding carboxylic acids is 1. The predicted molar refractivity (Wildman–Crippen MR) is 91.5 cm³/mol. The van der Waals surface area contributed by atoms with E-state index in [4.69, 9.17) is 0 Å². The van der Waals surface area contributed by atoms with Crippen molar-refractivity contribution in [2.45, 2.75) is 50.5 Å². The van der Waals surface area contributed by atoms with Crippen molar-refractivity contribution in [3.8, 4) is 0 Å². The van der Waals surface area contributed by atoms with Crippen molar-refractivity contribution >= 4 is 6.03 Å². The number of β-amino-alcohol motifs (C(OH)–C–C–N with tert-alkyl or cyclic N) is 1. The van der Waals surface area contributed by atoms with Gasteiger partial charge in [-0.2, -0.15) is 0 Å². The van der Waals surface area contributed by atoms with Crippen LogP contribution in [0.4, 0.5) is 4.79 Å². The van der Waals surface area contributed by atoms with Gasteiger partial charge in [0.1, 0.15) is 0 Å². The van der Waals surface area contributed by atoms with Gasteiger partial charge in [-0.1, -0.05) is 30.3 Å². The molecular formula is C18H27N3O3. The van der Waals surface area contributed by atoms with Crippen molar-refractivity contribution in [1.82, 2.24) is 15.1 Å². The number of hydrogen-bond acceptors (Lipinski definition) is 4. The Hall–Kier alpha value is -1.63. The first-order valence-corrected chi connectivity index (χ1v) is 8.71. The van der Waals surface area contributed by atoms with E-state index in [1.54, 1.807) is 4.90 Å². The number of carbonyl (C=O) groups is 1. The van der Waals surface area contributed by atoms with Gasteiger partial charge in [-0.05, 0) is 25.3 Å². The molecule has 2 aliphatic heterocycles. The largest absolute Gasteiger partial charge is 0.394 e. The second-order valence-corrected chi connectivity index (χ2v) is 7.02. The molecule has 1 aromatic rings. The van der Waals surface area contributed by atoms with Crippen molar-refractivity contribution in [1.29, 1.82) is 0 Å². The first kappa shape index (κ1) is 17.2. The first-order valence-electron chi connectivity index (χ1n) is 8.71. The SMILES string of the molecule is CC1CC(NC(=O)N2C[C@@H](O)C[C@H]2CO)CN1Cc1ccccc1. The predicted octanol–water partition coefficient (Wildman–Crippen LogP) is 0.786. The van der Waals surface area contributed by atoms with Crippen LogP contribution in [0.5, 0.6) is 0 Å². The van der Waals surface area contributed by atoms with Gasteiger partial charge in [-0.15, -0.1) is 0 Å². The van der Waals surface area contributed by atoms with E-state index in [-0.39, 0.29) is 24.7 Å². The highest BCUT2D eigenvalue weighted by atomic mass is 16.3. The van der Waals surface area contributed by atoms with E-state index in [9.17, 15) is 15.0 Å². The van der Waals surface area contributed by atoms with Gasteiger partial charge >= 0.3 is 6.03 Å². The molecule has 6 nitrogen and oxygen atoms in total. The molecule has 0 saturated carbocycles. The van der Waals surface area contributed by atoms with Gasteiger partial charge in [0.25, 0.3) is 0 Å². The molecule has 2 fully saturated rings. The Morgan fingerprint density at radius 1 is 1.25 bits per heavy atom. The summed E-state index contributed by atoms with van der Waals surface area (Å²) in [6.45, 7) is 4.09. The van der Waals surface area contributed by atoms with E-state index in [0.29, 0.717) is 19.0 Å². The summed E-state index contributed by atoms with van der Waals surface area (Å²) in [5.41, 5.74) is 1.28. The number of amides is 2. The summed E-state index contributed by atoms with van der Waals surface area (Å²) < 4.78 is 0. The second kappa shape index (κ2) is 7.51. The minimum Gasteiger partial charge on any atom is -0.394 e. The molecule has 0 spiro atoms. The molecule has 0 bridgehead atoms. The number of likely N-dealkylation sites (tertiary alicyclic amines) is 2. The van der Waals surface area contributed by atoms with Crippen LogP contribution in [0, 0.1) is 0 Å². The lowest BCUT2D eigenvalue weighted by atomic mass is 10.2. The highest BCUT2D eigenvalue weighted by Gasteiger charge is 2.36. The van der Waals surface area contributed by atoms with Crippen molar-refractivity contribution in [3.63, 3.8) is 0 Å². The molecule has 24 heavy (non-hydrogen) atoms. The molecule has 132 valence electrons. The third-order valence-corrected chi connectivity index (χ3v) is 5.12. The van der Waals surface area contributed by atoms with E-state index >= 15 is 0 Å². The van der Waals surface area contributed by atoms with Crippen LogP contribution in [0.15, 0.2) is 30.3 Å². The van der Waals surface area contributed by atoms with Gasteiger partial charge < -0.3 is 20.4 Å². The number of hydrogen-bond donors (Lipinski definition) is 3. The topological polar surface area (TPSA) is 76.0 Å². The van der Waals surface area contributed by atoms with E-state index in [2.05, 4.69) is 29.3 Å². The van der Waals surface area contributed by atoms with Crippen LogP contribution >= 0.6 is 0 Å². The Balaban J connectivity index is 1.54. The highest BCUT2D eigenvalue weighted by Crippen LogP contribution is 2.22. The van der Waals surface area contributed by atoms with Crippen molar-refractivity contribution in [3.05, 3.63) is 35.9 Å². The van der Waals surface area contributed by atoms with Gasteiger partial charge in [-0.25, -0.2) is 4.79 Å². The molecule has 2 saturated heterocycles. The van der Waals surface area contributed by atoms with E-state index in [1.165, 1.54) is 5.56 Å². The lowest BCUT2D eigenvalue weighted by Gasteiger charge is -2.25. The zero-order valence-corrected chi connectivity index (χ0v) is 14.1. The standard InChI is InChI=1S/C18H27N3O3/c1-13-7-15(10-20(13)9-14-5-3-2-4-6-14)19-18(24)21-11-17(23)8-16(21)12-22/h2-6,13,15-17,22-23H,7-12H2,1H3,(H,19,24)/t13?,15?,16-,17-/m0/s1. The summed E-state index contributed by atoms with van der Waals surface area (Å²) in [4.78, 5) is 16.4. The van der Waals surface area contributed by atoms with Crippen LogP contribution in [0.3, 0.4) is 0 Å². The Kier molecular flexibility index (Phi) is 5.38. The molecule has 3 N–H and O–H groups in total. The van der Waals surface area contributed by atoms with Gasteiger partial charge in [0.05, 0.1) is 18.8 Å². The molecule has 0 radical (unpaired) electrons. The number of urea groups is 1. The fourth-order valence-electron chi connectivity index (χ4n) is 3.81. The van der Waals surface area contributed by atoms with Gasteiger partial charge in [0, 0.05) is 31.7 Å². The zero-order chi connectivity index (χ0) is 17.1. The number of benzene rings is 1. The quantitative estimate of drug-likeness (QED) is 0.761. The number of aliphatic hydroxyl groups is 2. The Morgan fingerprint density at radius 3 is 2.71 bits per heavy atom. The number of aliphatic hydroxyl groups excluding tert-OH is 2. The summed E-state index contributed by atoms with van der Waals surface area (Å²) in [6.07, 6.45) is 0.828. The number of rotatable bonds is 4. The molecule has 2 heterocycles. The molecule has 1 aromatic carbocycles.